The Kier molecular flexibility index (Phi) is 40.8. The zero-order valence-electron chi connectivity index (χ0n) is 28.2. The molecule has 0 aromatic rings. The standard InChI is InChI=1S/C36H75O4P.Mg.2H/c1-3-5-7-9-11-13-15-17-19-21-23-25-27-29-31-33-35-39-41(37,38)40-36-34-32-30-28-26-24-22-20-18-16-14-12-10-8-6-4-2;;;/h3-36H2,1-2H3,(H,37,38);;;. The van der Waals surface area contributed by atoms with Gasteiger partial charge in [-0.3, -0.25) is 9.05 Å². The monoisotopic (exact) mass is 629 g/mol. The Hall–Kier alpha value is 0.876. The minimum atomic E-state index is -3.87. The zero-order valence-corrected chi connectivity index (χ0v) is 29.1. The first-order chi connectivity index (χ1) is 20.1. The maximum absolute atomic E-state index is 12.0. The van der Waals surface area contributed by atoms with Gasteiger partial charge in [0.2, 0.25) is 0 Å². The lowest BCUT2D eigenvalue weighted by Gasteiger charge is -2.12. The summed E-state index contributed by atoms with van der Waals surface area (Å²) in [6, 6.07) is 0. The molecule has 0 saturated carbocycles. The minimum absolute atomic E-state index is 0. The Morgan fingerprint density at radius 3 is 0.714 bits per heavy atom. The van der Waals surface area contributed by atoms with Crippen molar-refractivity contribution in [1.29, 1.82) is 0 Å². The highest BCUT2D eigenvalue weighted by atomic mass is 31.2. The van der Waals surface area contributed by atoms with Gasteiger partial charge in [-0.2, -0.15) is 0 Å². The van der Waals surface area contributed by atoms with Crippen LogP contribution in [0.3, 0.4) is 0 Å². The van der Waals surface area contributed by atoms with E-state index in [0.717, 1.165) is 25.7 Å². The lowest BCUT2D eigenvalue weighted by atomic mass is 10.0. The summed E-state index contributed by atoms with van der Waals surface area (Å²) in [5.41, 5.74) is 0. The predicted molar refractivity (Wildman–Crippen MR) is 189 cm³/mol. The van der Waals surface area contributed by atoms with Gasteiger partial charge < -0.3 is 4.89 Å². The van der Waals surface area contributed by atoms with Crippen LogP contribution in [0.25, 0.3) is 0 Å². The highest BCUT2D eigenvalue weighted by molar-refractivity contribution is 7.47. The summed E-state index contributed by atoms with van der Waals surface area (Å²) in [5.74, 6) is 0. The fourth-order valence-electron chi connectivity index (χ4n) is 5.70. The van der Waals surface area contributed by atoms with Gasteiger partial charge in [0.25, 0.3) is 0 Å². The largest absolute Gasteiger partial charge is 0.472 e. The topological polar surface area (TPSA) is 55.8 Å². The van der Waals surface area contributed by atoms with Crippen LogP contribution >= 0.6 is 7.82 Å². The van der Waals surface area contributed by atoms with E-state index in [1.165, 1.54) is 180 Å². The third-order valence-corrected chi connectivity index (χ3v) is 9.52. The molecule has 252 valence electrons. The van der Waals surface area contributed by atoms with Crippen LogP contribution in [0.1, 0.15) is 219 Å². The SMILES string of the molecule is CCCCCCCCCCCCCCCCCCOP(=O)(O)OCCCCCCCCCCCCCCCCCC.[MgH2]. The van der Waals surface area contributed by atoms with E-state index >= 15 is 0 Å². The number of hydrogen-bond donors (Lipinski definition) is 1. The highest BCUT2D eigenvalue weighted by Crippen LogP contribution is 2.43. The molecule has 0 aromatic heterocycles. The molecular weight excluding hydrogens is 552 g/mol. The Labute approximate surface area is 280 Å². The second-order valence-electron chi connectivity index (χ2n) is 12.7. The fourth-order valence-corrected chi connectivity index (χ4v) is 6.49. The van der Waals surface area contributed by atoms with Crippen LogP contribution in [-0.2, 0) is 13.6 Å². The molecule has 0 fully saturated rings. The molecule has 0 rings (SSSR count). The van der Waals surface area contributed by atoms with Gasteiger partial charge in [0.15, 0.2) is 0 Å². The summed E-state index contributed by atoms with van der Waals surface area (Å²) in [5, 5.41) is 0. The molecule has 0 aromatic carbocycles. The molecule has 0 bridgehead atoms. The van der Waals surface area contributed by atoms with Gasteiger partial charge in [0.1, 0.15) is 0 Å². The van der Waals surface area contributed by atoms with Crippen molar-refractivity contribution in [2.45, 2.75) is 219 Å². The average molecular weight is 629 g/mol. The van der Waals surface area contributed by atoms with E-state index in [-0.39, 0.29) is 23.1 Å². The van der Waals surface area contributed by atoms with E-state index in [0.29, 0.717) is 13.2 Å². The zero-order chi connectivity index (χ0) is 30.0. The van der Waals surface area contributed by atoms with E-state index in [1.54, 1.807) is 0 Å². The van der Waals surface area contributed by atoms with E-state index in [9.17, 15) is 9.46 Å². The lowest BCUT2D eigenvalue weighted by molar-refractivity contribution is 0.145. The van der Waals surface area contributed by atoms with Gasteiger partial charge in [0.05, 0.1) is 13.2 Å². The Balaban J connectivity index is 0. The van der Waals surface area contributed by atoms with Crippen LogP contribution in [0, 0.1) is 0 Å². The van der Waals surface area contributed by atoms with E-state index < -0.39 is 7.82 Å². The first-order valence-electron chi connectivity index (χ1n) is 18.7. The second kappa shape index (κ2) is 38.1. The van der Waals surface area contributed by atoms with Crippen molar-refractivity contribution >= 4 is 30.9 Å². The quantitative estimate of drug-likeness (QED) is 0.0426. The van der Waals surface area contributed by atoms with Crippen molar-refractivity contribution in [3.8, 4) is 0 Å². The van der Waals surface area contributed by atoms with Crippen LogP contribution in [-0.4, -0.2) is 41.2 Å². The molecule has 42 heavy (non-hydrogen) atoms. The van der Waals surface area contributed by atoms with Crippen LogP contribution in [0.5, 0.6) is 0 Å². The van der Waals surface area contributed by atoms with Gasteiger partial charge in [-0.05, 0) is 12.8 Å². The second-order valence-corrected chi connectivity index (χ2v) is 14.2. The van der Waals surface area contributed by atoms with Crippen molar-refractivity contribution in [3.05, 3.63) is 0 Å². The Morgan fingerprint density at radius 1 is 0.357 bits per heavy atom. The third kappa shape index (κ3) is 38.9. The molecule has 0 spiro atoms. The normalized spacial score (nSPS) is 11.7. The summed E-state index contributed by atoms with van der Waals surface area (Å²) in [4.78, 5) is 9.88. The molecule has 1 N–H and O–H groups in total. The molecule has 6 heteroatoms. The molecular formula is C36H77MgO4P. The molecule has 0 saturated heterocycles. The van der Waals surface area contributed by atoms with Gasteiger partial charge in [-0.1, -0.05) is 206 Å². The average Bonchev–Trinajstić information content (AvgIpc) is 2.96. The van der Waals surface area contributed by atoms with Gasteiger partial charge in [-0.25, -0.2) is 4.57 Å². The number of unbranched alkanes of at least 4 members (excludes halogenated alkanes) is 30. The smallest absolute Gasteiger partial charge is 0.302 e. The molecule has 0 unspecified atom stereocenters. The molecule has 0 radical (unpaired) electrons. The molecule has 0 aliphatic carbocycles. The first-order valence-corrected chi connectivity index (χ1v) is 20.2. The van der Waals surface area contributed by atoms with Crippen LogP contribution in [0.4, 0.5) is 0 Å². The fraction of sp³-hybridized carbons (Fsp3) is 1.00. The maximum atomic E-state index is 12.0. The summed E-state index contributed by atoms with van der Waals surface area (Å²) in [7, 11) is -3.87. The van der Waals surface area contributed by atoms with Crippen LogP contribution in [0.15, 0.2) is 0 Å². The molecule has 4 nitrogen and oxygen atoms in total. The summed E-state index contributed by atoms with van der Waals surface area (Å²) < 4.78 is 22.4. The minimum Gasteiger partial charge on any atom is -0.302 e. The Morgan fingerprint density at radius 2 is 0.524 bits per heavy atom. The molecule has 0 aliphatic heterocycles. The lowest BCUT2D eigenvalue weighted by Crippen LogP contribution is -1.99. The van der Waals surface area contributed by atoms with Crippen LogP contribution < -0.4 is 0 Å². The molecule has 0 atom stereocenters. The van der Waals surface area contributed by atoms with Gasteiger partial charge in [-0.15, -0.1) is 0 Å². The van der Waals surface area contributed by atoms with Crippen molar-refractivity contribution in [3.63, 3.8) is 0 Å². The first kappa shape index (κ1) is 45.0. The number of phosphoric ester groups is 1. The van der Waals surface area contributed by atoms with Crippen LogP contribution in [0.2, 0.25) is 0 Å². The summed E-state index contributed by atoms with van der Waals surface area (Å²) in [6.45, 7) is 5.21. The predicted octanol–water partition coefficient (Wildman–Crippen LogP) is 12.7. The highest BCUT2D eigenvalue weighted by Gasteiger charge is 2.19. The maximum Gasteiger partial charge on any atom is 0.472 e. The summed E-state index contributed by atoms with van der Waals surface area (Å²) >= 11 is 0. The molecule has 0 aliphatic rings. The van der Waals surface area contributed by atoms with Crippen molar-refractivity contribution in [1.82, 2.24) is 0 Å². The van der Waals surface area contributed by atoms with Gasteiger partial charge in [0, 0.05) is 0 Å². The number of rotatable bonds is 36. The molecule has 0 amide bonds. The van der Waals surface area contributed by atoms with Gasteiger partial charge >= 0.3 is 30.9 Å². The molecule has 0 heterocycles. The van der Waals surface area contributed by atoms with Crippen molar-refractivity contribution < 1.29 is 18.5 Å². The van der Waals surface area contributed by atoms with E-state index in [1.807, 2.05) is 0 Å². The summed E-state index contributed by atoms with van der Waals surface area (Å²) in [6.07, 6.45) is 42.2. The number of phosphoric acid groups is 1. The van der Waals surface area contributed by atoms with Crippen molar-refractivity contribution in [2.75, 3.05) is 13.2 Å². The van der Waals surface area contributed by atoms with E-state index in [4.69, 9.17) is 9.05 Å². The Bertz CT molecular complexity index is 493. The van der Waals surface area contributed by atoms with Crippen molar-refractivity contribution in [2.24, 2.45) is 0 Å². The number of hydrogen-bond acceptors (Lipinski definition) is 3. The third-order valence-electron chi connectivity index (χ3n) is 8.50. The van der Waals surface area contributed by atoms with E-state index in [2.05, 4.69) is 13.8 Å².